The summed E-state index contributed by atoms with van der Waals surface area (Å²) in [5, 5.41) is 14.8. The lowest BCUT2D eigenvalue weighted by atomic mass is 10.1. The highest BCUT2D eigenvalue weighted by Gasteiger charge is 2.13. The van der Waals surface area contributed by atoms with Crippen molar-refractivity contribution in [3.05, 3.63) is 64.6 Å². The molecule has 0 heterocycles. The minimum atomic E-state index is -0.424. The highest BCUT2D eigenvalue weighted by Crippen LogP contribution is 2.15. The van der Waals surface area contributed by atoms with Gasteiger partial charge in [-0.3, -0.25) is 0 Å². The molecule has 1 unspecified atom stereocenters. The Bertz CT molecular complexity index is 558. The molecule has 2 aromatic carbocycles. The Morgan fingerprint density at radius 3 is 2.35 bits per heavy atom. The topological polar surface area (TPSA) is 61.4 Å². The predicted octanol–water partition coefficient (Wildman–Crippen LogP) is 3.30. The van der Waals surface area contributed by atoms with E-state index in [1.807, 2.05) is 42.5 Å². The van der Waals surface area contributed by atoms with Crippen LogP contribution in [0.1, 0.15) is 11.6 Å². The van der Waals surface area contributed by atoms with Crippen molar-refractivity contribution in [2.75, 3.05) is 11.9 Å². The Balaban J connectivity index is 1.97. The molecule has 0 aliphatic heterocycles. The van der Waals surface area contributed by atoms with Gasteiger partial charge >= 0.3 is 6.03 Å². The van der Waals surface area contributed by atoms with E-state index >= 15 is 0 Å². The average Bonchev–Trinajstić information content (AvgIpc) is 2.48. The van der Waals surface area contributed by atoms with Crippen LogP contribution < -0.4 is 10.6 Å². The Hall–Kier alpha value is -1.85. The molecule has 2 amide bonds. The molecule has 2 aromatic rings. The van der Waals surface area contributed by atoms with E-state index in [2.05, 4.69) is 26.6 Å². The Morgan fingerprint density at radius 1 is 1.10 bits per heavy atom. The van der Waals surface area contributed by atoms with E-state index in [9.17, 15) is 9.90 Å². The molecule has 0 aliphatic carbocycles. The fraction of sp³-hybridized carbons (Fsp3) is 0.133. The molecule has 0 radical (unpaired) electrons. The Morgan fingerprint density at radius 2 is 1.75 bits per heavy atom. The molecule has 0 saturated heterocycles. The van der Waals surface area contributed by atoms with Crippen LogP contribution in [0.4, 0.5) is 10.5 Å². The van der Waals surface area contributed by atoms with Gasteiger partial charge in [0.25, 0.3) is 0 Å². The summed E-state index contributed by atoms with van der Waals surface area (Å²) in [6.45, 7) is -0.155. The molecule has 0 spiro atoms. The van der Waals surface area contributed by atoms with Crippen molar-refractivity contribution in [3.63, 3.8) is 0 Å². The third kappa shape index (κ3) is 4.08. The summed E-state index contributed by atoms with van der Waals surface area (Å²) in [4.78, 5) is 11.9. The Labute approximate surface area is 126 Å². The van der Waals surface area contributed by atoms with Crippen LogP contribution >= 0.6 is 15.9 Å². The molecule has 0 fully saturated rings. The van der Waals surface area contributed by atoms with Crippen molar-refractivity contribution in [1.82, 2.24) is 5.32 Å². The van der Waals surface area contributed by atoms with Crippen LogP contribution in [0, 0.1) is 0 Å². The van der Waals surface area contributed by atoms with Gasteiger partial charge in [0.05, 0.1) is 12.6 Å². The number of hydrogen-bond acceptors (Lipinski definition) is 2. The summed E-state index contributed by atoms with van der Waals surface area (Å²) in [6, 6.07) is 15.8. The molecule has 0 aliphatic rings. The summed E-state index contributed by atoms with van der Waals surface area (Å²) in [7, 11) is 0. The van der Waals surface area contributed by atoms with Gasteiger partial charge in [-0.15, -0.1) is 0 Å². The van der Waals surface area contributed by atoms with Gasteiger partial charge in [-0.05, 0) is 29.8 Å². The number of urea groups is 1. The molecular weight excluding hydrogens is 320 g/mol. The molecule has 3 N–H and O–H groups in total. The first-order chi connectivity index (χ1) is 9.69. The number of anilines is 1. The van der Waals surface area contributed by atoms with Gasteiger partial charge in [0, 0.05) is 10.2 Å². The molecule has 5 heteroatoms. The number of benzene rings is 2. The van der Waals surface area contributed by atoms with Crippen molar-refractivity contribution < 1.29 is 9.90 Å². The van der Waals surface area contributed by atoms with Crippen molar-refractivity contribution >= 4 is 27.6 Å². The second-order valence-electron chi connectivity index (χ2n) is 4.25. The number of aliphatic hydroxyl groups excluding tert-OH is 1. The standard InChI is InChI=1S/C15H15BrN2O2/c16-12-6-8-13(9-7-12)17-15(20)18-14(10-19)11-4-2-1-3-5-11/h1-9,14,19H,10H2,(H2,17,18,20). The molecule has 4 nitrogen and oxygen atoms in total. The van der Waals surface area contributed by atoms with Crippen LogP contribution in [0.2, 0.25) is 0 Å². The number of amides is 2. The molecule has 0 aromatic heterocycles. The quantitative estimate of drug-likeness (QED) is 0.803. The largest absolute Gasteiger partial charge is 0.394 e. The second-order valence-corrected chi connectivity index (χ2v) is 5.17. The lowest BCUT2D eigenvalue weighted by Gasteiger charge is -2.17. The molecule has 20 heavy (non-hydrogen) atoms. The van der Waals surface area contributed by atoms with Crippen molar-refractivity contribution in [2.24, 2.45) is 0 Å². The van der Waals surface area contributed by atoms with E-state index in [0.717, 1.165) is 10.0 Å². The Kier molecular flexibility index (Phi) is 5.15. The number of carbonyl (C=O) groups excluding carboxylic acids is 1. The van der Waals surface area contributed by atoms with Crippen LogP contribution in [0.15, 0.2) is 59.1 Å². The van der Waals surface area contributed by atoms with Gasteiger partial charge < -0.3 is 15.7 Å². The highest BCUT2D eigenvalue weighted by molar-refractivity contribution is 9.10. The van der Waals surface area contributed by atoms with Gasteiger partial charge in [0.15, 0.2) is 0 Å². The number of nitrogens with one attached hydrogen (secondary N) is 2. The molecule has 0 bridgehead atoms. The van der Waals surface area contributed by atoms with Crippen LogP contribution in [-0.2, 0) is 0 Å². The molecule has 0 saturated carbocycles. The highest BCUT2D eigenvalue weighted by atomic mass is 79.9. The summed E-state index contributed by atoms with van der Waals surface area (Å²) in [5.41, 5.74) is 1.55. The van der Waals surface area contributed by atoms with Crippen molar-refractivity contribution in [2.45, 2.75) is 6.04 Å². The van der Waals surface area contributed by atoms with Gasteiger partial charge in [-0.25, -0.2) is 4.79 Å². The number of rotatable bonds is 4. The lowest BCUT2D eigenvalue weighted by molar-refractivity contribution is 0.225. The van der Waals surface area contributed by atoms with Gasteiger partial charge in [0.1, 0.15) is 0 Å². The maximum atomic E-state index is 11.9. The molecule has 104 valence electrons. The number of halogens is 1. The maximum Gasteiger partial charge on any atom is 0.319 e. The minimum Gasteiger partial charge on any atom is -0.394 e. The van der Waals surface area contributed by atoms with E-state index in [1.165, 1.54) is 0 Å². The fourth-order valence-electron chi connectivity index (χ4n) is 1.78. The zero-order chi connectivity index (χ0) is 14.4. The first kappa shape index (κ1) is 14.6. The van der Waals surface area contributed by atoms with E-state index in [0.29, 0.717) is 5.69 Å². The first-order valence-electron chi connectivity index (χ1n) is 6.18. The average molecular weight is 335 g/mol. The van der Waals surface area contributed by atoms with E-state index in [1.54, 1.807) is 12.1 Å². The number of hydrogen-bond donors (Lipinski definition) is 3. The number of aliphatic hydroxyl groups is 1. The second kappa shape index (κ2) is 7.07. The lowest BCUT2D eigenvalue weighted by Crippen LogP contribution is -2.34. The maximum absolute atomic E-state index is 11.9. The smallest absolute Gasteiger partial charge is 0.319 e. The van der Waals surface area contributed by atoms with E-state index in [-0.39, 0.29) is 12.6 Å². The van der Waals surface area contributed by atoms with Gasteiger partial charge in [-0.1, -0.05) is 46.3 Å². The zero-order valence-corrected chi connectivity index (χ0v) is 12.3. The SMILES string of the molecule is O=C(Nc1ccc(Br)cc1)NC(CO)c1ccccc1. The summed E-state index contributed by atoms with van der Waals surface area (Å²) in [6.07, 6.45) is 0. The third-order valence-corrected chi connectivity index (χ3v) is 3.32. The van der Waals surface area contributed by atoms with Gasteiger partial charge in [-0.2, -0.15) is 0 Å². The summed E-state index contributed by atoms with van der Waals surface area (Å²) < 4.78 is 0.945. The monoisotopic (exact) mass is 334 g/mol. The van der Waals surface area contributed by atoms with Gasteiger partial charge in [0.2, 0.25) is 0 Å². The predicted molar refractivity (Wildman–Crippen MR) is 82.6 cm³/mol. The summed E-state index contributed by atoms with van der Waals surface area (Å²) in [5.74, 6) is 0. The van der Waals surface area contributed by atoms with Crippen molar-refractivity contribution in [3.8, 4) is 0 Å². The van der Waals surface area contributed by atoms with Crippen LogP contribution in [0.5, 0.6) is 0 Å². The van der Waals surface area contributed by atoms with Crippen molar-refractivity contribution in [1.29, 1.82) is 0 Å². The first-order valence-corrected chi connectivity index (χ1v) is 6.97. The fourth-order valence-corrected chi connectivity index (χ4v) is 2.04. The van der Waals surface area contributed by atoms with E-state index in [4.69, 9.17) is 0 Å². The zero-order valence-electron chi connectivity index (χ0n) is 10.7. The molecule has 2 rings (SSSR count). The van der Waals surface area contributed by atoms with Crippen LogP contribution in [0.3, 0.4) is 0 Å². The normalized spacial score (nSPS) is 11.7. The molecule has 1 atom stereocenters. The minimum absolute atomic E-state index is 0.155. The third-order valence-electron chi connectivity index (χ3n) is 2.79. The summed E-state index contributed by atoms with van der Waals surface area (Å²) >= 11 is 3.33. The molecular formula is C15H15BrN2O2. The number of carbonyl (C=O) groups is 1. The van der Waals surface area contributed by atoms with E-state index < -0.39 is 6.04 Å². The van der Waals surface area contributed by atoms with Crippen LogP contribution in [0.25, 0.3) is 0 Å². The van der Waals surface area contributed by atoms with Crippen LogP contribution in [-0.4, -0.2) is 17.7 Å².